The second kappa shape index (κ2) is 10.4. The minimum Gasteiger partial charge on any atom is -0.480 e. The predicted molar refractivity (Wildman–Crippen MR) is 109 cm³/mol. The van der Waals surface area contributed by atoms with Crippen molar-refractivity contribution in [2.24, 2.45) is 11.5 Å². The molecule has 0 aliphatic rings. The van der Waals surface area contributed by atoms with Gasteiger partial charge in [0.1, 0.15) is 23.7 Å². The van der Waals surface area contributed by atoms with Gasteiger partial charge in [0.05, 0.1) is 11.8 Å². The van der Waals surface area contributed by atoms with Gasteiger partial charge in [-0.15, -0.1) is 0 Å². The van der Waals surface area contributed by atoms with Gasteiger partial charge in [0, 0.05) is 12.8 Å². The fraction of sp³-hybridized carbons (Fsp3) is 0.273. The average Bonchev–Trinajstić information content (AvgIpc) is 2.73. The van der Waals surface area contributed by atoms with Crippen LogP contribution in [0.1, 0.15) is 35.8 Å². The number of nitrogens with two attached hydrogens (primary N) is 2. The summed E-state index contributed by atoms with van der Waals surface area (Å²) in [5.74, 6) is -5.95. The smallest absolute Gasteiger partial charge is 0.321 e. The van der Waals surface area contributed by atoms with Crippen LogP contribution in [0.4, 0.5) is 0 Å². The number of carboxylic acid groups (broad SMARTS) is 2. The molecular weight excluding hydrogens is 388 g/mol. The van der Waals surface area contributed by atoms with E-state index < -0.39 is 47.4 Å². The lowest BCUT2D eigenvalue weighted by Crippen LogP contribution is -2.42. The number of ketones is 2. The summed E-state index contributed by atoms with van der Waals surface area (Å²) < 4.78 is 0. The number of rotatable bonds is 11. The summed E-state index contributed by atoms with van der Waals surface area (Å²) in [6.07, 6.45) is -0.565. The summed E-state index contributed by atoms with van der Waals surface area (Å²) in [6, 6.07) is 13.5. The van der Waals surface area contributed by atoms with Crippen LogP contribution in [0.5, 0.6) is 0 Å². The molecule has 0 aliphatic heterocycles. The van der Waals surface area contributed by atoms with Gasteiger partial charge in [-0.3, -0.25) is 19.2 Å². The van der Waals surface area contributed by atoms with Gasteiger partial charge in [-0.05, 0) is 11.1 Å². The lowest BCUT2D eigenvalue weighted by molar-refractivity contribution is -0.142. The molecule has 0 saturated carbocycles. The van der Waals surface area contributed by atoms with Crippen LogP contribution in [0.15, 0.2) is 60.7 Å². The maximum absolute atomic E-state index is 12.8. The number of carbonyl (C=O) groups is 4. The molecule has 0 bridgehead atoms. The number of carboxylic acids is 2. The van der Waals surface area contributed by atoms with Gasteiger partial charge in [-0.1, -0.05) is 60.7 Å². The first-order chi connectivity index (χ1) is 14.2. The molecule has 0 radical (unpaired) electrons. The maximum atomic E-state index is 12.8. The van der Waals surface area contributed by atoms with E-state index in [1.165, 1.54) is 0 Å². The molecule has 0 saturated heterocycles. The summed E-state index contributed by atoms with van der Waals surface area (Å²) in [5, 5.41) is 18.6. The van der Waals surface area contributed by atoms with E-state index in [1.54, 1.807) is 60.7 Å². The molecule has 2 rings (SSSR count). The van der Waals surface area contributed by atoms with E-state index in [-0.39, 0.29) is 12.8 Å². The van der Waals surface area contributed by atoms with E-state index >= 15 is 0 Å². The van der Waals surface area contributed by atoms with Crippen molar-refractivity contribution in [2.75, 3.05) is 0 Å². The Morgan fingerprint density at radius 2 is 0.933 bits per heavy atom. The van der Waals surface area contributed by atoms with Gasteiger partial charge < -0.3 is 21.7 Å². The number of carbonyl (C=O) groups excluding carboxylic acids is 2. The van der Waals surface area contributed by atoms with Crippen LogP contribution in [0.25, 0.3) is 0 Å². The van der Waals surface area contributed by atoms with Gasteiger partial charge >= 0.3 is 11.9 Å². The Hall–Kier alpha value is -3.36. The molecular formula is C22H24N2O6. The molecule has 8 nitrogen and oxygen atoms in total. The van der Waals surface area contributed by atoms with Gasteiger partial charge in [0.25, 0.3) is 0 Å². The van der Waals surface area contributed by atoms with Crippen LogP contribution in [0.3, 0.4) is 0 Å². The highest BCUT2D eigenvalue weighted by Gasteiger charge is 2.35. The van der Waals surface area contributed by atoms with Gasteiger partial charge in [-0.2, -0.15) is 0 Å². The molecule has 6 N–H and O–H groups in total. The fourth-order valence-corrected chi connectivity index (χ4v) is 3.35. The van der Waals surface area contributed by atoms with Crippen LogP contribution in [0, 0.1) is 0 Å². The van der Waals surface area contributed by atoms with Crippen LogP contribution < -0.4 is 11.5 Å². The maximum Gasteiger partial charge on any atom is 0.321 e. The quantitative estimate of drug-likeness (QED) is 0.429. The molecule has 0 amide bonds. The molecule has 2 aromatic carbocycles. The lowest BCUT2D eigenvalue weighted by atomic mass is 9.83. The Kier molecular flexibility index (Phi) is 7.97. The number of hydrogen-bond donors (Lipinski definition) is 4. The van der Waals surface area contributed by atoms with E-state index in [0.29, 0.717) is 11.1 Å². The van der Waals surface area contributed by atoms with Crippen molar-refractivity contribution >= 4 is 23.5 Å². The van der Waals surface area contributed by atoms with Crippen molar-refractivity contribution in [3.63, 3.8) is 0 Å². The summed E-state index contributed by atoms with van der Waals surface area (Å²) in [7, 11) is 0. The minimum absolute atomic E-state index is 0.283. The molecule has 0 aliphatic carbocycles. The normalized spacial score (nSPS) is 14.9. The number of hydrogen-bond acceptors (Lipinski definition) is 6. The van der Waals surface area contributed by atoms with Gasteiger partial charge in [0.2, 0.25) is 0 Å². The highest BCUT2D eigenvalue weighted by molar-refractivity contribution is 5.97. The third-order valence-corrected chi connectivity index (χ3v) is 4.92. The predicted octanol–water partition coefficient (Wildman–Crippen LogP) is 1.30. The molecule has 30 heavy (non-hydrogen) atoms. The highest BCUT2D eigenvalue weighted by atomic mass is 16.4. The van der Waals surface area contributed by atoms with E-state index in [9.17, 15) is 29.4 Å². The summed E-state index contributed by atoms with van der Waals surface area (Å²) in [5.41, 5.74) is 12.3. The third-order valence-electron chi connectivity index (χ3n) is 4.92. The third kappa shape index (κ3) is 5.59. The monoisotopic (exact) mass is 412 g/mol. The molecule has 0 spiro atoms. The van der Waals surface area contributed by atoms with Gasteiger partial charge in [-0.25, -0.2) is 0 Å². The Labute approximate surface area is 173 Å². The summed E-state index contributed by atoms with van der Waals surface area (Å²) >= 11 is 0. The Balaban J connectivity index is 2.21. The van der Waals surface area contributed by atoms with E-state index in [1.807, 2.05) is 0 Å². The first kappa shape index (κ1) is 22.9. The van der Waals surface area contributed by atoms with Crippen molar-refractivity contribution in [3.05, 3.63) is 71.8 Å². The SMILES string of the molecule is NC(C(=O)O)C(C(=O)CCC(=O)C(c1ccccc1)C(N)C(=O)O)c1ccccc1. The topological polar surface area (TPSA) is 161 Å². The zero-order valence-corrected chi connectivity index (χ0v) is 16.2. The molecule has 0 fully saturated rings. The first-order valence-corrected chi connectivity index (χ1v) is 9.36. The zero-order valence-electron chi connectivity index (χ0n) is 16.2. The molecule has 158 valence electrons. The summed E-state index contributed by atoms with van der Waals surface area (Å²) in [6.45, 7) is 0. The Morgan fingerprint density at radius 1 is 0.633 bits per heavy atom. The van der Waals surface area contributed by atoms with Crippen LogP contribution in [-0.4, -0.2) is 45.8 Å². The van der Waals surface area contributed by atoms with E-state index in [0.717, 1.165) is 0 Å². The minimum atomic E-state index is -1.47. The average molecular weight is 412 g/mol. The molecule has 0 aromatic heterocycles. The summed E-state index contributed by atoms with van der Waals surface area (Å²) in [4.78, 5) is 48.4. The number of aliphatic carboxylic acids is 2. The van der Waals surface area contributed by atoms with Crippen LogP contribution >= 0.6 is 0 Å². The van der Waals surface area contributed by atoms with Crippen molar-refractivity contribution in [1.82, 2.24) is 0 Å². The molecule has 8 heteroatoms. The lowest BCUT2D eigenvalue weighted by Gasteiger charge is -2.22. The number of Topliss-reactive ketones (excluding diaryl/α,β-unsaturated/α-hetero) is 2. The Morgan fingerprint density at radius 3 is 1.20 bits per heavy atom. The van der Waals surface area contributed by atoms with Gasteiger partial charge in [0.15, 0.2) is 0 Å². The largest absolute Gasteiger partial charge is 0.480 e. The second-order valence-corrected chi connectivity index (χ2v) is 6.94. The molecule has 4 atom stereocenters. The second-order valence-electron chi connectivity index (χ2n) is 6.94. The van der Waals surface area contributed by atoms with Crippen LogP contribution in [-0.2, 0) is 19.2 Å². The fourth-order valence-electron chi connectivity index (χ4n) is 3.35. The molecule has 2 aromatic rings. The van der Waals surface area contributed by atoms with E-state index in [4.69, 9.17) is 11.5 Å². The zero-order chi connectivity index (χ0) is 22.3. The van der Waals surface area contributed by atoms with E-state index in [2.05, 4.69) is 0 Å². The standard InChI is InChI=1S/C22H24N2O6/c23-19(21(27)28)17(13-7-3-1-4-8-13)15(25)11-12-16(26)18(20(24)22(29)30)14-9-5-2-6-10-14/h1-10,17-20H,11-12,23-24H2,(H,27,28)(H,29,30). The first-order valence-electron chi connectivity index (χ1n) is 9.36. The van der Waals surface area contributed by atoms with Crippen LogP contribution in [0.2, 0.25) is 0 Å². The number of benzene rings is 2. The molecule has 4 unspecified atom stereocenters. The van der Waals surface area contributed by atoms with Crippen molar-refractivity contribution in [2.45, 2.75) is 36.8 Å². The highest BCUT2D eigenvalue weighted by Crippen LogP contribution is 2.26. The van der Waals surface area contributed by atoms with Crippen molar-refractivity contribution in [1.29, 1.82) is 0 Å². The van der Waals surface area contributed by atoms with Crippen molar-refractivity contribution in [3.8, 4) is 0 Å². The van der Waals surface area contributed by atoms with Crippen molar-refractivity contribution < 1.29 is 29.4 Å². The Bertz CT molecular complexity index is 825. The molecule has 0 heterocycles.